The van der Waals surface area contributed by atoms with Crippen LogP contribution in [-0.4, -0.2) is 53.7 Å². The summed E-state index contributed by atoms with van der Waals surface area (Å²) in [6, 6.07) is 8.33. The van der Waals surface area contributed by atoms with Gasteiger partial charge in [0.25, 0.3) is 0 Å². The van der Waals surface area contributed by atoms with E-state index in [-0.39, 0.29) is 6.09 Å². The summed E-state index contributed by atoms with van der Waals surface area (Å²) in [5.74, 6) is 1.89. The van der Waals surface area contributed by atoms with Crippen LogP contribution in [0.15, 0.2) is 24.3 Å². The standard InChI is InChI=1S/C22H31N5O2/c1-6-29-22(28)27-12-10-26(11-13-27)21-23-17(5)14-19(25-21)24-20-16(4)8-7-9-18(20)15(2)3/h7-9,14-15H,6,10-13H2,1-5H3,(H,23,24,25). The van der Waals surface area contributed by atoms with Crippen molar-refractivity contribution >= 4 is 23.5 Å². The molecule has 1 aromatic carbocycles. The fraction of sp³-hybridized carbons (Fsp3) is 0.500. The van der Waals surface area contributed by atoms with Crippen molar-refractivity contribution < 1.29 is 9.53 Å². The minimum Gasteiger partial charge on any atom is -0.450 e. The summed E-state index contributed by atoms with van der Waals surface area (Å²) in [5, 5.41) is 3.52. The summed E-state index contributed by atoms with van der Waals surface area (Å²) in [4.78, 5) is 25.2. The van der Waals surface area contributed by atoms with Crippen LogP contribution in [0.1, 0.15) is 43.5 Å². The highest BCUT2D eigenvalue weighted by molar-refractivity contribution is 5.68. The number of nitrogens with one attached hydrogen (secondary N) is 1. The zero-order valence-electron chi connectivity index (χ0n) is 18.0. The van der Waals surface area contributed by atoms with E-state index >= 15 is 0 Å². The summed E-state index contributed by atoms with van der Waals surface area (Å²) >= 11 is 0. The maximum atomic E-state index is 11.9. The minimum absolute atomic E-state index is 0.250. The van der Waals surface area contributed by atoms with Gasteiger partial charge in [0.15, 0.2) is 0 Å². The van der Waals surface area contributed by atoms with Crippen molar-refractivity contribution in [2.75, 3.05) is 43.0 Å². The highest BCUT2D eigenvalue weighted by Crippen LogP contribution is 2.30. The lowest BCUT2D eigenvalue weighted by Crippen LogP contribution is -2.49. The first-order valence-electron chi connectivity index (χ1n) is 10.3. The number of carbonyl (C=O) groups excluding carboxylic acids is 1. The van der Waals surface area contributed by atoms with Gasteiger partial charge in [0.1, 0.15) is 5.82 Å². The van der Waals surface area contributed by atoms with Gasteiger partial charge in [-0.05, 0) is 37.8 Å². The fourth-order valence-electron chi connectivity index (χ4n) is 3.53. The predicted molar refractivity (Wildman–Crippen MR) is 116 cm³/mol. The first-order chi connectivity index (χ1) is 13.9. The van der Waals surface area contributed by atoms with E-state index in [1.807, 2.05) is 19.9 Å². The predicted octanol–water partition coefficient (Wildman–Crippen LogP) is 4.24. The molecule has 1 aromatic heterocycles. The van der Waals surface area contributed by atoms with E-state index in [9.17, 15) is 4.79 Å². The van der Waals surface area contributed by atoms with Crippen LogP contribution in [0.2, 0.25) is 0 Å². The fourth-order valence-corrected chi connectivity index (χ4v) is 3.53. The molecule has 1 saturated heterocycles. The number of aryl methyl sites for hydroxylation is 2. The second kappa shape index (κ2) is 9.11. The van der Waals surface area contributed by atoms with E-state index in [1.165, 1.54) is 11.1 Å². The normalized spacial score (nSPS) is 14.3. The van der Waals surface area contributed by atoms with Crippen molar-refractivity contribution in [3.05, 3.63) is 41.1 Å². The van der Waals surface area contributed by atoms with Gasteiger partial charge < -0.3 is 19.9 Å². The number of amides is 1. The van der Waals surface area contributed by atoms with Crippen LogP contribution in [-0.2, 0) is 4.74 Å². The smallest absolute Gasteiger partial charge is 0.409 e. The van der Waals surface area contributed by atoms with Crippen LogP contribution >= 0.6 is 0 Å². The Hall–Kier alpha value is -2.83. The van der Waals surface area contributed by atoms with Gasteiger partial charge in [0.05, 0.1) is 6.61 Å². The minimum atomic E-state index is -0.250. The molecule has 7 nitrogen and oxygen atoms in total. The molecule has 1 N–H and O–H groups in total. The van der Waals surface area contributed by atoms with Crippen molar-refractivity contribution in [1.82, 2.24) is 14.9 Å². The second-order valence-corrected chi connectivity index (χ2v) is 7.69. The van der Waals surface area contributed by atoms with Gasteiger partial charge in [-0.25, -0.2) is 9.78 Å². The molecule has 0 saturated carbocycles. The number of rotatable bonds is 5. The highest BCUT2D eigenvalue weighted by atomic mass is 16.6. The Bertz CT molecular complexity index is 860. The number of piperazine rings is 1. The molecule has 1 aliphatic rings. The molecule has 3 rings (SSSR count). The van der Waals surface area contributed by atoms with Gasteiger partial charge in [0.2, 0.25) is 5.95 Å². The molecule has 1 fully saturated rings. The number of hydrogen-bond acceptors (Lipinski definition) is 6. The molecule has 2 heterocycles. The Morgan fingerprint density at radius 3 is 2.55 bits per heavy atom. The Balaban J connectivity index is 1.78. The number of aromatic nitrogens is 2. The van der Waals surface area contributed by atoms with E-state index in [4.69, 9.17) is 9.72 Å². The van der Waals surface area contributed by atoms with Gasteiger partial charge in [0, 0.05) is 43.6 Å². The molecule has 0 bridgehead atoms. The maximum absolute atomic E-state index is 11.9. The lowest BCUT2D eigenvalue weighted by atomic mass is 9.98. The third kappa shape index (κ3) is 4.96. The van der Waals surface area contributed by atoms with Gasteiger partial charge in [-0.1, -0.05) is 32.0 Å². The van der Waals surface area contributed by atoms with Crippen molar-refractivity contribution in [2.45, 2.75) is 40.5 Å². The quantitative estimate of drug-likeness (QED) is 0.814. The molecule has 0 atom stereocenters. The summed E-state index contributed by atoms with van der Waals surface area (Å²) in [5.41, 5.74) is 4.48. The van der Waals surface area contributed by atoms with Crippen LogP contribution in [0.4, 0.5) is 22.2 Å². The summed E-state index contributed by atoms with van der Waals surface area (Å²) in [7, 11) is 0. The van der Waals surface area contributed by atoms with Crippen LogP contribution in [0.3, 0.4) is 0 Å². The third-order valence-electron chi connectivity index (χ3n) is 5.11. The molecular weight excluding hydrogens is 366 g/mol. The van der Waals surface area contributed by atoms with Gasteiger partial charge in [-0.15, -0.1) is 0 Å². The summed E-state index contributed by atoms with van der Waals surface area (Å²) in [6.07, 6.45) is -0.250. The SMILES string of the molecule is CCOC(=O)N1CCN(c2nc(C)cc(Nc3c(C)cccc3C(C)C)n2)CC1. The average Bonchev–Trinajstić information content (AvgIpc) is 2.69. The summed E-state index contributed by atoms with van der Waals surface area (Å²) < 4.78 is 5.10. The first-order valence-corrected chi connectivity index (χ1v) is 10.3. The zero-order chi connectivity index (χ0) is 21.0. The van der Waals surface area contributed by atoms with Crippen molar-refractivity contribution in [3.63, 3.8) is 0 Å². The van der Waals surface area contributed by atoms with E-state index in [0.29, 0.717) is 44.7 Å². The summed E-state index contributed by atoms with van der Waals surface area (Å²) in [6.45, 7) is 13.3. The molecule has 2 aromatic rings. The van der Waals surface area contributed by atoms with Crippen molar-refractivity contribution in [3.8, 4) is 0 Å². The number of benzene rings is 1. The maximum Gasteiger partial charge on any atom is 0.409 e. The molecule has 7 heteroatoms. The van der Waals surface area contributed by atoms with Crippen LogP contribution in [0, 0.1) is 13.8 Å². The molecule has 0 unspecified atom stereocenters. The lowest BCUT2D eigenvalue weighted by Gasteiger charge is -2.34. The monoisotopic (exact) mass is 397 g/mol. The Labute approximate surface area is 173 Å². The first kappa shape index (κ1) is 20.9. The molecule has 0 aliphatic carbocycles. The number of para-hydroxylation sites is 1. The number of nitrogens with zero attached hydrogens (tertiary/aromatic N) is 4. The van der Waals surface area contributed by atoms with Crippen LogP contribution < -0.4 is 10.2 Å². The van der Waals surface area contributed by atoms with E-state index in [1.54, 1.807) is 4.90 Å². The molecule has 0 spiro atoms. The third-order valence-corrected chi connectivity index (χ3v) is 5.11. The molecule has 1 amide bonds. The van der Waals surface area contributed by atoms with Gasteiger partial charge >= 0.3 is 6.09 Å². The van der Waals surface area contributed by atoms with Gasteiger partial charge in [-0.2, -0.15) is 4.98 Å². The molecule has 29 heavy (non-hydrogen) atoms. The number of carbonyl (C=O) groups is 1. The van der Waals surface area contributed by atoms with Crippen molar-refractivity contribution in [1.29, 1.82) is 0 Å². The second-order valence-electron chi connectivity index (χ2n) is 7.69. The highest BCUT2D eigenvalue weighted by Gasteiger charge is 2.24. The zero-order valence-corrected chi connectivity index (χ0v) is 18.0. The van der Waals surface area contributed by atoms with E-state index in [0.717, 1.165) is 17.2 Å². The Morgan fingerprint density at radius 2 is 1.90 bits per heavy atom. The Kier molecular flexibility index (Phi) is 6.56. The molecule has 1 aliphatic heterocycles. The van der Waals surface area contributed by atoms with Crippen LogP contribution in [0.25, 0.3) is 0 Å². The van der Waals surface area contributed by atoms with Gasteiger partial charge in [-0.3, -0.25) is 0 Å². The van der Waals surface area contributed by atoms with Crippen molar-refractivity contribution in [2.24, 2.45) is 0 Å². The molecule has 0 radical (unpaired) electrons. The average molecular weight is 398 g/mol. The van der Waals surface area contributed by atoms with E-state index in [2.05, 4.69) is 54.2 Å². The number of hydrogen-bond donors (Lipinski definition) is 1. The lowest BCUT2D eigenvalue weighted by molar-refractivity contribution is 0.105. The number of ether oxygens (including phenoxy) is 1. The largest absolute Gasteiger partial charge is 0.450 e. The molecule has 156 valence electrons. The topological polar surface area (TPSA) is 70.6 Å². The van der Waals surface area contributed by atoms with Crippen LogP contribution in [0.5, 0.6) is 0 Å². The Morgan fingerprint density at radius 1 is 1.17 bits per heavy atom. The molecular formula is C22H31N5O2. The van der Waals surface area contributed by atoms with E-state index < -0.39 is 0 Å². The number of anilines is 3.